The van der Waals surface area contributed by atoms with Crippen LogP contribution in [-0.2, 0) is 6.42 Å². The molecule has 128 valence electrons. The van der Waals surface area contributed by atoms with E-state index in [1.54, 1.807) is 0 Å². The van der Waals surface area contributed by atoms with Crippen LogP contribution < -0.4 is 15.6 Å². The molecule has 0 amide bonds. The number of carbonyl (C=O) groups is 2. The largest absolute Gasteiger partial charge is 2.00 e. The molecule has 2 heterocycles. The number of carboxylic acids is 2. The van der Waals surface area contributed by atoms with E-state index in [0.29, 0.717) is 23.8 Å². The van der Waals surface area contributed by atoms with Crippen molar-refractivity contribution in [1.29, 1.82) is 0 Å². The van der Waals surface area contributed by atoms with Crippen LogP contribution in [0.15, 0.2) is 27.4 Å². The Morgan fingerprint density at radius 3 is 2.42 bits per heavy atom. The monoisotopic (exact) mass is 399 g/mol. The molecule has 0 unspecified atom stereocenters. The fourth-order valence-corrected chi connectivity index (χ4v) is 2.94. The number of rotatable bonds is 4. The molecule has 9 heteroatoms. The topological polar surface area (TPSA) is 123 Å². The Kier molecular flexibility index (Phi) is 6.29. The van der Waals surface area contributed by atoms with E-state index >= 15 is 0 Å². The quantitative estimate of drug-likeness (QED) is 0.456. The number of fused-ring (bicyclic) bond motifs is 2. The van der Waals surface area contributed by atoms with Crippen LogP contribution >= 0.6 is 11.6 Å². The maximum atomic E-state index is 12.3. The summed E-state index contributed by atoms with van der Waals surface area (Å²) in [5, 5.41) is 22.8. The van der Waals surface area contributed by atoms with Crippen LogP contribution in [0.2, 0.25) is 5.02 Å². The van der Waals surface area contributed by atoms with Gasteiger partial charge in [0.15, 0.2) is 11.2 Å². The fraction of sp³-hybridized carbons (Fsp3) is 0.176. The van der Waals surface area contributed by atoms with Crippen molar-refractivity contribution in [2.75, 3.05) is 0 Å². The van der Waals surface area contributed by atoms with Gasteiger partial charge in [-0.25, -0.2) is 4.98 Å². The Morgan fingerprint density at radius 2 is 1.85 bits per heavy atom. The van der Waals surface area contributed by atoms with Crippen molar-refractivity contribution in [1.82, 2.24) is 4.98 Å². The molecule has 26 heavy (non-hydrogen) atoms. The Labute approximate surface area is 181 Å². The summed E-state index contributed by atoms with van der Waals surface area (Å²) in [6.45, 7) is 1.86. The third kappa shape index (κ3) is 3.57. The third-order valence-electron chi connectivity index (χ3n) is 3.75. The van der Waals surface area contributed by atoms with Crippen molar-refractivity contribution in [2.45, 2.75) is 19.8 Å². The van der Waals surface area contributed by atoms with E-state index in [2.05, 4.69) is 4.98 Å². The van der Waals surface area contributed by atoms with Crippen molar-refractivity contribution in [2.24, 2.45) is 0 Å². The van der Waals surface area contributed by atoms with E-state index in [9.17, 15) is 24.6 Å². The van der Waals surface area contributed by atoms with Crippen LogP contribution in [0.25, 0.3) is 21.9 Å². The summed E-state index contributed by atoms with van der Waals surface area (Å²) in [4.78, 5) is 38.5. The summed E-state index contributed by atoms with van der Waals surface area (Å²) in [6, 6.07) is 3.37. The average molecular weight is 400 g/mol. The number of benzene rings is 1. The zero-order chi connectivity index (χ0) is 18.3. The van der Waals surface area contributed by atoms with Gasteiger partial charge in [-0.1, -0.05) is 24.9 Å². The first kappa shape index (κ1) is 20.6. The first-order chi connectivity index (χ1) is 11.8. The normalized spacial score (nSPS) is 10.7. The van der Waals surface area contributed by atoms with Crippen molar-refractivity contribution < 1.29 is 24.2 Å². The first-order valence-electron chi connectivity index (χ1n) is 7.36. The fourth-order valence-electron chi connectivity index (χ4n) is 2.69. The van der Waals surface area contributed by atoms with Crippen LogP contribution in [0.4, 0.5) is 0 Å². The zero-order valence-electron chi connectivity index (χ0n) is 13.6. The molecule has 0 aliphatic rings. The van der Waals surface area contributed by atoms with Gasteiger partial charge in [0.2, 0.25) is 0 Å². The van der Waals surface area contributed by atoms with E-state index in [4.69, 9.17) is 16.0 Å². The molecule has 0 saturated heterocycles. The molecular formula is C17H10CaClNO6. The van der Waals surface area contributed by atoms with Gasteiger partial charge >= 0.3 is 37.7 Å². The number of nitrogens with zero attached hydrogens (tertiary/aromatic N) is 1. The minimum atomic E-state index is -1.63. The second kappa shape index (κ2) is 7.92. The summed E-state index contributed by atoms with van der Waals surface area (Å²) >= 11 is 6.14. The molecule has 2 aromatic heterocycles. The molecule has 0 N–H and O–H groups in total. The minimum absolute atomic E-state index is 0. The number of aromatic carboxylic acids is 2. The Bertz CT molecular complexity index is 1110. The predicted octanol–water partition coefficient (Wildman–Crippen LogP) is 0.293. The molecule has 0 saturated carbocycles. The standard InChI is InChI=1S/C17H12ClNO6.Ca/c1-2-3-7-14-8(10(18)5-11(19-14)16(21)22)4-9-12(20)6-13(17(23)24)25-15(7)9;/h4-6H,2-3H2,1H3,(H,21,22)(H,23,24);/q;+2/p-2. The summed E-state index contributed by atoms with van der Waals surface area (Å²) < 4.78 is 5.33. The Morgan fingerprint density at radius 1 is 1.15 bits per heavy atom. The number of hydrogen-bond acceptors (Lipinski definition) is 7. The number of aromatic nitrogens is 1. The number of aryl methyl sites for hydroxylation is 1. The van der Waals surface area contributed by atoms with E-state index in [1.807, 2.05) is 6.92 Å². The van der Waals surface area contributed by atoms with Crippen LogP contribution in [-0.4, -0.2) is 54.7 Å². The maximum absolute atomic E-state index is 12.3. The van der Waals surface area contributed by atoms with Crippen LogP contribution in [0.1, 0.15) is 40.0 Å². The van der Waals surface area contributed by atoms with E-state index in [0.717, 1.165) is 12.1 Å². The van der Waals surface area contributed by atoms with E-state index < -0.39 is 23.1 Å². The van der Waals surface area contributed by atoms with Gasteiger partial charge in [-0.3, -0.25) is 4.79 Å². The molecule has 0 aliphatic carbocycles. The van der Waals surface area contributed by atoms with Gasteiger partial charge in [-0.2, -0.15) is 0 Å². The summed E-state index contributed by atoms with van der Waals surface area (Å²) in [7, 11) is 0. The van der Waals surface area contributed by atoms with Gasteiger partial charge in [0, 0.05) is 17.0 Å². The molecule has 0 atom stereocenters. The van der Waals surface area contributed by atoms with Crippen LogP contribution in [0, 0.1) is 0 Å². The van der Waals surface area contributed by atoms with Gasteiger partial charge in [0.1, 0.15) is 11.6 Å². The summed E-state index contributed by atoms with van der Waals surface area (Å²) in [5.41, 5.74) is -0.285. The Hall–Kier alpha value is -1.67. The molecule has 3 aromatic rings. The molecule has 0 bridgehead atoms. The molecule has 0 spiro atoms. The molecule has 7 nitrogen and oxygen atoms in total. The van der Waals surface area contributed by atoms with E-state index in [1.165, 1.54) is 6.07 Å². The molecule has 0 aliphatic heterocycles. The molecule has 0 fully saturated rings. The second-order valence-electron chi connectivity index (χ2n) is 5.42. The van der Waals surface area contributed by atoms with Crippen LogP contribution in [0.5, 0.6) is 0 Å². The first-order valence-corrected chi connectivity index (χ1v) is 7.74. The van der Waals surface area contributed by atoms with Gasteiger partial charge < -0.3 is 24.2 Å². The molecule has 0 radical (unpaired) electrons. The minimum Gasteiger partial charge on any atom is -0.543 e. The maximum Gasteiger partial charge on any atom is 2.00 e. The van der Waals surface area contributed by atoms with Crippen molar-refractivity contribution >= 4 is 83.1 Å². The third-order valence-corrected chi connectivity index (χ3v) is 4.06. The number of pyridine rings is 1. The van der Waals surface area contributed by atoms with Crippen molar-refractivity contribution in [3.8, 4) is 0 Å². The van der Waals surface area contributed by atoms with Gasteiger partial charge in [0.05, 0.1) is 27.6 Å². The van der Waals surface area contributed by atoms with Crippen molar-refractivity contribution in [3.63, 3.8) is 0 Å². The van der Waals surface area contributed by atoms with Gasteiger partial charge in [0.25, 0.3) is 0 Å². The Balaban J connectivity index is 0.00000243. The number of carbonyl (C=O) groups excluding carboxylic acids is 2. The second-order valence-corrected chi connectivity index (χ2v) is 5.82. The average Bonchev–Trinajstić information content (AvgIpc) is 2.55. The number of hydrogen-bond donors (Lipinski definition) is 0. The zero-order valence-corrected chi connectivity index (χ0v) is 16.6. The SMILES string of the molecule is CCCc1c2nc(C(=O)[O-])cc(Cl)c2cc2c(=O)cc(C(=O)[O-])oc12.[Ca+2]. The summed E-state index contributed by atoms with van der Waals surface area (Å²) in [5.74, 6) is -3.75. The summed E-state index contributed by atoms with van der Waals surface area (Å²) in [6.07, 6.45) is 0.982. The van der Waals surface area contributed by atoms with E-state index in [-0.39, 0.29) is 64.9 Å². The smallest absolute Gasteiger partial charge is 0.543 e. The molecule has 3 rings (SSSR count). The number of carboxylic acid groups (broad SMARTS) is 2. The van der Waals surface area contributed by atoms with Crippen molar-refractivity contribution in [3.05, 3.63) is 50.5 Å². The molecule has 1 aromatic carbocycles. The molecular weight excluding hydrogens is 390 g/mol. The van der Waals surface area contributed by atoms with Crippen LogP contribution in [0.3, 0.4) is 0 Å². The number of halogens is 1. The van der Waals surface area contributed by atoms with Gasteiger partial charge in [-0.15, -0.1) is 0 Å². The predicted molar refractivity (Wildman–Crippen MR) is 91.2 cm³/mol. The van der Waals surface area contributed by atoms with Gasteiger partial charge in [-0.05, 0) is 18.6 Å².